The van der Waals surface area contributed by atoms with Crippen LogP contribution in [0.5, 0.6) is 0 Å². The molecule has 6 nitrogen and oxygen atoms in total. The van der Waals surface area contributed by atoms with Crippen molar-refractivity contribution in [1.82, 2.24) is 10.2 Å². The molecule has 1 amide bonds. The van der Waals surface area contributed by atoms with Crippen LogP contribution >= 0.6 is 24.0 Å². The topological polar surface area (TPSA) is 66.0 Å². The number of methoxy groups -OCH3 is 1. The van der Waals surface area contributed by atoms with Gasteiger partial charge in [0.05, 0.1) is 7.11 Å². The van der Waals surface area contributed by atoms with Crippen LogP contribution in [-0.2, 0) is 17.8 Å². The molecule has 0 atom stereocenters. The van der Waals surface area contributed by atoms with Gasteiger partial charge >= 0.3 is 6.09 Å². The molecule has 0 unspecified atom stereocenters. The van der Waals surface area contributed by atoms with Crippen LogP contribution in [0.15, 0.2) is 53.5 Å². The molecular weight excluding hydrogens is 455 g/mol. The number of aliphatic imine (C=N–C) groups is 1. The minimum atomic E-state index is -0.478. The van der Waals surface area contributed by atoms with E-state index in [9.17, 15) is 4.79 Å². The van der Waals surface area contributed by atoms with Crippen molar-refractivity contribution in [3.63, 3.8) is 0 Å². The van der Waals surface area contributed by atoms with Crippen molar-refractivity contribution in [3.8, 4) is 0 Å². The number of amides is 1. The summed E-state index contributed by atoms with van der Waals surface area (Å²) in [6.45, 7) is 3.51. The molecule has 27 heavy (non-hydrogen) atoms. The number of rotatable bonds is 5. The normalized spacial score (nSPS) is 10.6. The first-order valence-electron chi connectivity index (χ1n) is 8.43. The van der Waals surface area contributed by atoms with Gasteiger partial charge in [0.2, 0.25) is 0 Å². The molecule has 0 radical (unpaired) electrons. The number of anilines is 1. The standard InChI is InChI=1S/C20H26N4O2.HI/c1-15-5-7-17(8-6-15)14-24(3)19(21-2)22-13-16-9-11-18(12-10-16)23-20(25)26-4;/h5-12H,13-14H2,1-4H3,(H,21,22)(H,23,25);1H. The second kappa shape index (κ2) is 11.4. The fourth-order valence-corrected chi connectivity index (χ4v) is 2.48. The molecule has 0 aromatic heterocycles. The van der Waals surface area contributed by atoms with E-state index in [1.807, 2.05) is 31.3 Å². The summed E-state index contributed by atoms with van der Waals surface area (Å²) in [4.78, 5) is 17.6. The van der Waals surface area contributed by atoms with Crippen LogP contribution in [0.4, 0.5) is 10.5 Å². The van der Waals surface area contributed by atoms with Crippen molar-refractivity contribution >= 4 is 41.7 Å². The largest absolute Gasteiger partial charge is 0.453 e. The third-order valence-corrected chi connectivity index (χ3v) is 3.95. The van der Waals surface area contributed by atoms with Crippen molar-refractivity contribution in [2.75, 3.05) is 26.5 Å². The Morgan fingerprint density at radius 3 is 2.22 bits per heavy atom. The number of nitrogens with zero attached hydrogens (tertiary/aromatic N) is 2. The van der Waals surface area contributed by atoms with Crippen molar-refractivity contribution in [2.45, 2.75) is 20.0 Å². The van der Waals surface area contributed by atoms with E-state index >= 15 is 0 Å². The predicted octanol–water partition coefficient (Wildman–Crippen LogP) is 4.00. The minimum Gasteiger partial charge on any atom is -0.453 e. The number of halogens is 1. The molecule has 2 N–H and O–H groups in total. The van der Waals surface area contributed by atoms with E-state index in [4.69, 9.17) is 0 Å². The second-order valence-corrected chi connectivity index (χ2v) is 6.06. The molecule has 2 rings (SSSR count). The van der Waals surface area contributed by atoms with Crippen LogP contribution in [0.25, 0.3) is 0 Å². The Bertz CT molecular complexity index is 746. The average molecular weight is 482 g/mol. The van der Waals surface area contributed by atoms with Gasteiger partial charge in [-0.1, -0.05) is 42.0 Å². The average Bonchev–Trinajstić information content (AvgIpc) is 2.65. The van der Waals surface area contributed by atoms with E-state index in [2.05, 4.69) is 56.5 Å². The molecule has 0 saturated heterocycles. The van der Waals surface area contributed by atoms with Crippen molar-refractivity contribution in [3.05, 3.63) is 65.2 Å². The highest BCUT2D eigenvalue weighted by atomic mass is 127. The summed E-state index contributed by atoms with van der Waals surface area (Å²) in [5.74, 6) is 0.822. The summed E-state index contributed by atoms with van der Waals surface area (Å²) in [5, 5.41) is 5.98. The van der Waals surface area contributed by atoms with Gasteiger partial charge in [0, 0.05) is 32.9 Å². The molecule has 0 aliphatic heterocycles. The summed E-state index contributed by atoms with van der Waals surface area (Å²) in [7, 11) is 5.13. The molecule has 146 valence electrons. The number of ether oxygens (including phenoxy) is 1. The summed E-state index contributed by atoms with van der Waals surface area (Å²) < 4.78 is 4.58. The Balaban J connectivity index is 0.00000364. The molecule has 2 aromatic rings. The number of carbonyl (C=O) groups is 1. The Morgan fingerprint density at radius 1 is 1.07 bits per heavy atom. The van der Waals surface area contributed by atoms with Gasteiger partial charge in [0.15, 0.2) is 5.96 Å². The quantitative estimate of drug-likeness (QED) is 0.384. The minimum absolute atomic E-state index is 0. The Labute approximate surface area is 178 Å². The zero-order valence-electron chi connectivity index (χ0n) is 16.2. The Hall–Kier alpha value is -2.29. The molecule has 0 heterocycles. The third kappa shape index (κ3) is 7.46. The van der Waals surface area contributed by atoms with Gasteiger partial charge in [-0.05, 0) is 30.2 Å². The lowest BCUT2D eigenvalue weighted by atomic mass is 10.1. The van der Waals surface area contributed by atoms with Gasteiger partial charge in [-0.3, -0.25) is 10.3 Å². The van der Waals surface area contributed by atoms with Crippen molar-refractivity contribution in [2.24, 2.45) is 4.99 Å². The maximum Gasteiger partial charge on any atom is 0.411 e. The van der Waals surface area contributed by atoms with Gasteiger partial charge < -0.3 is 15.0 Å². The fourth-order valence-electron chi connectivity index (χ4n) is 2.48. The molecule has 7 heteroatoms. The number of guanidine groups is 1. The summed E-state index contributed by atoms with van der Waals surface area (Å²) >= 11 is 0. The first-order valence-corrected chi connectivity index (χ1v) is 8.43. The van der Waals surface area contributed by atoms with E-state index < -0.39 is 6.09 Å². The van der Waals surface area contributed by atoms with E-state index in [0.717, 1.165) is 18.1 Å². The number of hydrogen-bond acceptors (Lipinski definition) is 3. The molecule has 0 bridgehead atoms. The van der Waals surface area contributed by atoms with E-state index in [-0.39, 0.29) is 24.0 Å². The molecule has 2 aromatic carbocycles. The van der Waals surface area contributed by atoms with E-state index in [0.29, 0.717) is 12.2 Å². The van der Waals surface area contributed by atoms with Gasteiger partial charge in [-0.25, -0.2) is 4.79 Å². The first-order chi connectivity index (χ1) is 12.5. The van der Waals surface area contributed by atoms with Crippen molar-refractivity contribution < 1.29 is 9.53 Å². The van der Waals surface area contributed by atoms with Gasteiger partial charge in [-0.2, -0.15) is 0 Å². The number of hydrogen-bond donors (Lipinski definition) is 2. The lowest BCUT2D eigenvalue weighted by Gasteiger charge is -2.22. The third-order valence-electron chi connectivity index (χ3n) is 3.95. The zero-order chi connectivity index (χ0) is 18.9. The highest BCUT2D eigenvalue weighted by Gasteiger charge is 2.07. The van der Waals surface area contributed by atoms with Crippen LogP contribution < -0.4 is 10.6 Å². The molecule has 0 spiro atoms. The lowest BCUT2D eigenvalue weighted by Crippen LogP contribution is -2.38. The smallest absolute Gasteiger partial charge is 0.411 e. The first kappa shape index (κ1) is 22.8. The Morgan fingerprint density at radius 2 is 1.67 bits per heavy atom. The van der Waals surface area contributed by atoms with E-state index in [1.54, 1.807) is 7.05 Å². The fraction of sp³-hybridized carbons (Fsp3) is 0.300. The van der Waals surface area contributed by atoms with Crippen LogP contribution in [0.2, 0.25) is 0 Å². The highest BCUT2D eigenvalue weighted by molar-refractivity contribution is 14.0. The number of aryl methyl sites for hydroxylation is 1. The maximum absolute atomic E-state index is 11.2. The summed E-state index contributed by atoms with van der Waals surface area (Å²) in [6, 6.07) is 16.1. The summed E-state index contributed by atoms with van der Waals surface area (Å²) in [5.41, 5.74) is 4.27. The molecular formula is C20H27IN4O2. The Kier molecular flexibility index (Phi) is 9.63. The SMILES string of the molecule is CN=C(NCc1ccc(NC(=O)OC)cc1)N(C)Cc1ccc(C)cc1.I. The van der Waals surface area contributed by atoms with Crippen LogP contribution in [0.1, 0.15) is 16.7 Å². The number of nitrogens with one attached hydrogen (secondary N) is 2. The number of carbonyl (C=O) groups excluding carboxylic acids is 1. The molecule has 0 aliphatic carbocycles. The lowest BCUT2D eigenvalue weighted by molar-refractivity contribution is 0.187. The summed E-state index contributed by atoms with van der Waals surface area (Å²) in [6.07, 6.45) is -0.478. The maximum atomic E-state index is 11.2. The highest BCUT2D eigenvalue weighted by Crippen LogP contribution is 2.10. The van der Waals surface area contributed by atoms with Crippen LogP contribution in [0.3, 0.4) is 0 Å². The van der Waals surface area contributed by atoms with Gasteiger partial charge in [-0.15, -0.1) is 24.0 Å². The van der Waals surface area contributed by atoms with Crippen molar-refractivity contribution in [1.29, 1.82) is 0 Å². The zero-order valence-corrected chi connectivity index (χ0v) is 18.5. The monoisotopic (exact) mass is 482 g/mol. The molecule has 0 fully saturated rings. The van der Waals surface area contributed by atoms with Crippen LogP contribution in [0, 0.1) is 6.92 Å². The number of benzene rings is 2. The second-order valence-electron chi connectivity index (χ2n) is 6.06. The predicted molar refractivity (Wildman–Crippen MR) is 121 cm³/mol. The van der Waals surface area contributed by atoms with Gasteiger partial charge in [0.1, 0.15) is 0 Å². The van der Waals surface area contributed by atoms with E-state index in [1.165, 1.54) is 18.2 Å². The van der Waals surface area contributed by atoms with Crippen LogP contribution in [-0.4, -0.2) is 38.2 Å². The molecule has 0 saturated carbocycles. The van der Waals surface area contributed by atoms with Gasteiger partial charge in [0.25, 0.3) is 0 Å². The molecule has 0 aliphatic rings.